The van der Waals surface area contributed by atoms with Gasteiger partial charge in [-0.15, -0.1) is 0 Å². The first kappa shape index (κ1) is 22.9. The smallest absolute Gasteiger partial charge is 0.308 e. The molecule has 2 aromatic rings. The molecule has 0 saturated heterocycles. The van der Waals surface area contributed by atoms with Crippen molar-refractivity contribution in [1.82, 2.24) is 5.32 Å². The lowest BCUT2D eigenvalue weighted by Gasteiger charge is -2.20. The molecule has 160 valence electrons. The molecule has 0 spiro atoms. The molecule has 0 aliphatic heterocycles. The van der Waals surface area contributed by atoms with Gasteiger partial charge in [0.05, 0.1) is 29.1 Å². The summed E-state index contributed by atoms with van der Waals surface area (Å²) < 4.78 is 10.8. The number of nitrogens with one attached hydrogen (secondary N) is 1. The Labute approximate surface area is 175 Å². The van der Waals surface area contributed by atoms with E-state index in [1.807, 2.05) is 32.0 Å². The molecule has 8 heteroatoms. The zero-order valence-corrected chi connectivity index (χ0v) is 17.5. The maximum Gasteiger partial charge on any atom is 0.308 e. The number of esters is 1. The van der Waals surface area contributed by atoms with Crippen LogP contribution in [-0.2, 0) is 14.3 Å². The number of rotatable bonds is 9. The Morgan fingerprint density at radius 1 is 1.07 bits per heavy atom. The van der Waals surface area contributed by atoms with Gasteiger partial charge in [0.1, 0.15) is 5.75 Å². The number of hydrogen-bond donors (Lipinski definition) is 1. The summed E-state index contributed by atoms with van der Waals surface area (Å²) in [6.07, 6.45) is -0.579. The van der Waals surface area contributed by atoms with Gasteiger partial charge in [-0.05, 0) is 38.8 Å². The van der Waals surface area contributed by atoms with E-state index < -0.39 is 22.8 Å². The van der Waals surface area contributed by atoms with Crippen LogP contribution in [-0.4, -0.2) is 29.5 Å². The monoisotopic (exact) mass is 414 g/mol. The van der Waals surface area contributed by atoms with Crippen molar-refractivity contribution in [3.8, 4) is 5.75 Å². The van der Waals surface area contributed by atoms with Crippen LogP contribution in [0.1, 0.15) is 43.0 Å². The van der Waals surface area contributed by atoms with E-state index in [9.17, 15) is 19.7 Å². The predicted molar refractivity (Wildman–Crippen MR) is 111 cm³/mol. The molecule has 0 aliphatic rings. The van der Waals surface area contributed by atoms with Crippen LogP contribution < -0.4 is 10.1 Å². The Morgan fingerprint density at radius 2 is 1.70 bits per heavy atom. The average Bonchev–Trinajstić information content (AvgIpc) is 2.66. The summed E-state index contributed by atoms with van der Waals surface area (Å²) in [7, 11) is 0. The van der Waals surface area contributed by atoms with Gasteiger partial charge in [0.25, 0.3) is 11.6 Å². The summed E-state index contributed by atoms with van der Waals surface area (Å²) in [5.41, 5.74) is 1.82. The first-order valence-electron chi connectivity index (χ1n) is 9.60. The number of nitro groups is 1. The molecule has 0 radical (unpaired) electrons. The van der Waals surface area contributed by atoms with Crippen molar-refractivity contribution >= 4 is 17.6 Å². The molecule has 1 atom stereocenters. The van der Waals surface area contributed by atoms with Crippen molar-refractivity contribution in [2.75, 3.05) is 6.61 Å². The third-order valence-corrected chi connectivity index (χ3v) is 4.34. The van der Waals surface area contributed by atoms with Gasteiger partial charge in [-0.1, -0.05) is 36.4 Å². The quantitative estimate of drug-likeness (QED) is 0.380. The summed E-state index contributed by atoms with van der Waals surface area (Å²) in [4.78, 5) is 35.6. The van der Waals surface area contributed by atoms with Crippen LogP contribution in [0, 0.1) is 24.0 Å². The fraction of sp³-hybridized carbons (Fsp3) is 0.364. The number of benzene rings is 2. The third-order valence-electron chi connectivity index (χ3n) is 4.34. The molecule has 0 aliphatic carbocycles. The number of para-hydroxylation sites is 2. The molecule has 2 aromatic carbocycles. The number of nitro benzene ring substituents is 1. The van der Waals surface area contributed by atoms with Gasteiger partial charge >= 0.3 is 5.97 Å². The molecule has 0 fully saturated rings. The first-order valence-corrected chi connectivity index (χ1v) is 9.60. The molecular formula is C22H26N2O6. The Kier molecular flexibility index (Phi) is 7.91. The van der Waals surface area contributed by atoms with Crippen LogP contribution >= 0.6 is 0 Å². The molecular weight excluding hydrogens is 388 g/mol. The van der Waals surface area contributed by atoms with E-state index >= 15 is 0 Å². The fourth-order valence-corrected chi connectivity index (χ4v) is 3.07. The Balaban J connectivity index is 2.19. The third kappa shape index (κ3) is 6.30. The highest BCUT2D eigenvalue weighted by Crippen LogP contribution is 2.28. The molecule has 0 heterocycles. The lowest BCUT2D eigenvalue weighted by atomic mass is 10.0. The summed E-state index contributed by atoms with van der Waals surface area (Å²) in [6.45, 7) is 6.86. The standard InChI is InChI=1S/C22H26N2O6/c1-14(2)30-21(26)12-18(17-10-5-6-11-19(17)24(27)28)23-20(25)13-29-22-15(3)8-7-9-16(22)4/h5-11,14,18H,12-13H2,1-4H3,(H,23,25). The topological polar surface area (TPSA) is 108 Å². The van der Waals surface area contributed by atoms with E-state index in [1.165, 1.54) is 18.2 Å². The molecule has 1 amide bonds. The Hall–Kier alpha value is -3.42. The number of nitrogens with zero attached hydrogens (tertiary/aromatic N) is 1. The second-order valence-corrected chi connectivity index (χ2v) is 7.19. The number of amides is 1. The van der Waals surface area contributed by atoms with Gasteiger partial charge in [0.15, 0.2) is 6.61 Å². The molecule has 30 heavy (non-hydrogen) atoms. The van der Waals surface area contributed by atoms with Gasteiger partial charge in [0, 0.05) is 6.07 Å². The van der Waals surface area contributed by atoms with Crippen LogP contribution in [0.2, 0.25) is 0 Å². The summed E-state index contributed by atoms with van der Waals surface area (Å²) in [5, 5.41) is 14.1. The Morgan fingerprint density at radius 3 is 2.30 bits per heavy atom. The van der Waals surface area contributed by atoms with Gasteiger partial charge in [-0.3, -0.25) is 19.7 Å². The van der Waals surface area contributed by atoms with E-state index in [1.54, 1.807) is 19.9 Å². The lowest BCUT2D eigenvalue weighted by Crippen LogP contribution is -2.34. The molecule has 1 unspecified atom stereocenters. The molecule has 0 aromatic heterocycles. The first-order chi connectivity index (χ1) is 14.2. The van der Waals surface area contributed by atoms with Gasteiger partial charge in [-0.25, -0.2) is 0 Å². The zero-order valence-electron chi connectivity index (χ0n) is 17.5. The molecule has 0 saturated carbocycles. The predicted octanol–water partition coefficient (Wildman–Crippen LogP) is 3.79. The van der Waals surface area contributed by atoms with Gasteiger partial charge < -0.3 is 14.8 Å². The summed E-state index contributed by atoms with van der Waals surface area (Å²) >= 11 is 0. The second-order valence-electron chi connectivity index (χ2n) is 7.19. The van der Waals surface area contributed by atoms with Crippen LogP contribution in [0.4, 0.5) is 5.69 Å². The number of aryl methyl sites for hydroxylation is 2. The number of carbonyl (C=O) groups excluding carboxylic acids is 2. The number of hydrogen-bond acceptors (Lipinski definition) is 6. The van der Waals surface area contributed by atoms with Gasteiger partial charge in [0.2, 0.25) is 0 Å². The second kappa shape index (κ2) is 10.4. The minimum Gasteiger partial charge on any atom is -0.483 e. The Bertz CT molecular complexity index is 905. The molecule has 1 N–H and O–H groups in total. The fourth-order valence-electron chi connectivity index (χ4n) is 3.07. The van der Waals surface area contributed by atoms with Crippen LogP contribution in [0.15, 0.2) is 42.5 Å². The van der Waals surface area contributed by atoms with Crippen molar-refractivity contribution < 1.29 is 24.0 Å². The number of ether oxygens (including phenoxy) is 2. The summed E-state index contributed by atoms with van der Waals surface area (Å²) in [6, 6.07) is 10.7. The molecule has 2 rings (SSSR count). The van der Waals surface area contributed by atoms with Crippen molar-refractivity contribution in [3.63, 3.8) is 0 Å². The van der Waals surface area contributed by atoms with Crippen molar-refractivity contribution in [3.05, 3.63) is 69.3 Å². The molecule has 0 bridgehead atoms. The van der Waals surface area contributed by atoms with Crippen LogP contribution in [0.5, 0.6) is 5.75 Å². The minimum atomic E-state index is -0.924. The van der Waals surface area contributed by atoms with E-state index in [0.29, 0.717) is 5.75 Å². The molecule has 8 nitrogen and oxygen atoms in total. The maximum absolute atomic E-state index is 12.5. The van der Waals surface area contributed by atoms with Gasteiger partial charge in [-0.2, -0.15) is 0 Å². The summed E-state index contributed by atoms with van der Waals surface area (Å²) in [5.74, 6) is -0.462. The van der Waals surface area contributed by atoms with E-state index in [0.717, 1.165) is 11.1 Å². The van der Waals surface area contributed by atoms with Crippen molar-refractivity contribution in [2.24, 2.45) is 0 Å². The average molecular weight is 414 g/mol. The van der Waals surface area contributed by atoms with Crippen LogP contribution in [0.25, 0.3) is 0 Å². The maximum atomic E-state index is 12.5. The van der Waals surface area contributed by atoms with E-state index in [2.05, 4.69) is 5.32 Å². The highest BCUT2D eigenvalue weighted by molar-refractivity contribution is 5.80. The van der Waals surface area contributed by atoms with E-state index in [-0.39, 0.29) is 30.4 Å². The highest BCUT2D eigenvalue weighted by atomic mass is 16.6. The number of carbonyl (C=O) groups is 2. The SMILES string of the molecule is Cc1cccc(C)c1OCC(=O)NC(CC(=O)OC(C)C)c1ccccc1[N+](=O)[O-]. The van der Waals surface area contributed by atoms with Crippen molar-refractivity contribution in [1.29, 1.82) is 0 Å². The largest absolute Gasteiger partial charge is 0.483 e. The zero-order chi connectivity index (χ0) is 22.3. The minimum absolute atomic E-state index is 0.184. The van der Waals surface area contributed by atoms with Crippen LogP contribution in [0.3, 0.4) is 0 Å². The lowest BCUT2D eigenvalue weighted by molar-refractivity contribution is -0.385. The van der Waals surface area contributed by atoms with E-state index in [4.69, 9.17) is 9.47 Å². The van der Waals surface area contributed by atoms with Crippen molar-refractivity contribution in [2.45, 2.75) is 46.3 Å². The normalized spacial score (nSPS) is 11.6. The highest BCUT2D eigenvalue weighted by Gasteiger charge is 2.26.